The van der Waals surface area contributed by atoms with Crippen LogP contribution >= 0.6 is 23.2 Å². The summed E-state index contributed by atoms with van der Waals surface area (Å²) in [6.07, 6.45) is 10.6. The number of methoxy groups -OCH3 is 1. The van der Waals surface area contributed by atoms with Crippen molar-refractivity contribution in [2.75, 3.05) is 12.0 Å². The Morgan fingerprint density at radius 3 is 2.57 bits per heavy atom. The van der Waals surface area contributed by atoms with Crippen molar-refractivity contribution in [3.63, 3.8) is 0 Å². The van der Waals surface area contributed by atoms with Crippen molar-refractivity contribution >= 4 is 46.8 Å². The summed E-state index contributed by atoms with van der Waals surface area (Å²) in [5.74, 6) is 0.222. The number of hydrogen-bond acceptors (Lipinski definition) is 4. The predicted molar refractivity (Wildman–Crippen MR) is 149 cm³/mol. The van der Waals surface area contributed by atoms with Crippen LogP contribution in [0.3, 0.4) is 0 Å². The molecule has 186 valence electrons. The summed E-state index contributed by atoms with van der Waals surface area (Å²) in [7, 11) is 1.31. The molecular formula is C30H23Cl2NO4. The highest BCUT2D eigenvalue weighted by molar-refractivity contribution is 6.42. The Morgan fingerprint density at radius 1 is 1.05 bits per heavy atom. The van der Waals surface area contributed by atoms with Gasteiger partial charge in [0, 0.05) is 11.1 Å². The third-order valence-corrected chi connectivity index (χ3v) is 6.40. The fourth-order valence-corrected chi connectivity index (χ4v) is 4.15. The molecule has 0 unspecified atom stereocenters. The minimum absolute atomic E-state index is 0.278. The van der Waals surface area contributed by atoms with Gasteiger partial charge in [-0.2, -0.15) is 0 Å². The molecule has 1 aliphatic rings. The number of allylic oxidation sites excluding steroid dienone is 5. The maximum Gasteiger partial charge on any atom is 0.339 e. The minimum atomic E-state index is -0.536. The average Bonchev–Trinajstić information content (AvgIpc) is 3.50. The van der Waals surface area contributed by atoms with E-state index in [-0.39, 0.29) is 11.5 Å². The zero-order chi connectivity index (χ0) is 26.5. The summed E-state index contributed by atoms with van der Waals surface area (Å²) < 4.78 is 10.9. The summed E-state index contributed by atoms with van der Waals surface area (Å²) in [5.41, 5.74) is 3.29. The Balaban J connectivity index is 1.77. The number of nitrogens with zero attached hydrogens (tertiary/aromatic N) is 1. The van der Waals surface area contributed by atoms with Gasteiger partial charge in [0.2, 0.25) is 0 Å². The van der Waals surface area contributed by atoms with Crippen LogP contribution < -0.4 is 4.90 Å². The molecule has 2 heterocycles. The number of halogens is 2. The second-order valence-electron chi connectivity index (χ2n) is 8.08. The zero-order valence-electron chi connectivity index (χ0n) is 20.2. The molecule has 37 heavy (non-hydrogen) atoms. The third-order valence-electron chi connectivity index (χ3n) is 5.66. The highest BCUT2D eigenvalue weighted by Crippen LogP contribution is 2.36. The van der Waals surface area contributed by atoms with Crippen molar-refractivity contribution in [3.05, 3.63) is 130 Å². The maximum atomic E-state index is 13.7. The van der Waals surface area contributed by atoms with Gasteiger partial charge in [0.1, 0.15) is 11.5 Å². The summed E-state index contributed by atoms with van der Waals surface area (Å²) >= 11 is 12.2. The Bertz CT molecular complexity index is 1510. The standard InChI is InChI=1S/C30H23Cl2NO4/c1-4-5-6-9-19(2)27-18-21(29(34)33(27)26-11-8-7-10-23(26)30(35)36-3)16-22-13-15-28(37-22)20-12-14-24(31)25(32)17-20/h4-18H,1H2,2-3H3/b6-5-,19-9+,21-16+. The van der Waals surface area contributed by atoms with Gasteiger partial charge in [-0.15, -0.1) is 0 Å². The summed E-state index contributed by atoms with van der Waals surface area (Å²) in [5, 5.41) is 0.869. The van der Waals surface area contributed by atoms with E-state index >= 15 is 0 Å². The lowest BCUT2D eigenvalue weighted by atomic mass is 10.1. The molecular weight excluding hydrogens is 509 g/mol. The van der Waals surface area contributed by atoms with Crippen LogP contribution in [-0.4, -0.2) is 19.0 Å². The van der Waals surface area contributed by atoms with Crippen molar-refractivity contribution in [2.24, 2.45) is 0 Å². The lowest BCUT2D eigenvalue weighted by Gasteiger charge is -2.23. The number of esters is 1. The van der Waals surface area contributed by atoms with Gasteiger partial charge in [0.25, 0.3) is 5.91 Å². The van der Waals surface area contributed by atoms with Crippen molar-refractivity contribution < 1.29 is 18.7 Å². The lowest BCUT2D eigenvalue weighted by Crippen LogP contribution is -2.28. The Morgan fingerprint density at radius 2 is 1.84 bits per heavy atom. The molecule has 0 fully saturated rings. The second kappa shape index (κ2) is 11.3. The van der Waals surface area contributed by atoms with E-state index in [1.54, 1.807) is 78.9 Å². The molecule has 0 bridgehead atoms. The fourth-order valence-electron chi connectivity index (χ4n) is 3.85. The Hall–Kier alpha value is -4.06. The molecule has 7 heteroatoms. The summed E-state index contributed by atoms with van der Waals surface area (Å²) in [6.45, 7) is 5.57. The minimum Gasteiger partial charge on any atom is -0.465 e. The Kier molecular flexibility index (Phi) is 7.97. The van der Waals surface area contributed by atoms with Crippen LogP contribution in [0.2, 0.25) is 10.0 Å². The van der Waals surface area contributed by atoms with Crippen molar-refractivity contribution in [1.82, 2.24) is 0 Å². The summed E-state index contributed by atoms with van der Waals surface area (Å²) in [6, 6.07) is 15.6. The zero-order valence-corrected chi connectivity index (χ0v) is 21.7. The van der Waals surface area contributed by atoms with Crippen LogP contribution in [0, 0.1) is 0 Å². The molecule has 1 aliphatic heterocycles. The number of carbonyl (C=O) groups is 2. The molecule has 5 nitrogen and oxygen atoms in total. The van der Waals surface area contributed by atoms with Crippen LogP contribution in [0.5, 0.6) is 0 Å². The first-order chi connectivity index (χ1) is 17.8. The van der Waals surface area contributed by atoms with Crippen molar-refractivity contribution in [1.29, 1.82) is 0 Å². The van der Waals surface area contributed by atoms with E-state index in [0.29, 0.717) is 38.5 Å². The first-order valence-corrected chi connectivity index (χ1v) is 12.1. The van der Waals surface area contributed by atoms with Gasteiger partial charge in [-0.05, 0) is 67.1 Å². The van der Waals surface area contributed by atoms with Gasteiger partial charge in [-0.3, -0.25) is 9.69 Å². The van der Waals surface area contributed by atoms with Crippen LogP contribution in [-0.2, 0) is 9.53 Å². The smallest absolute Gasteiger partial charge is 0.339 e. The number of carbonyl (C=O) groups excluding carboxylic acids is 2. The van der Waals surface area contributed by atoms with Crippen LogP contribution in [0.25, 0.3) is 17.4 Å². The number of amides is 1. The molecule has 2 aromatic carbocycles. The van der Waals surface area contributed by atoms with E-state index in [0.717, 1.165) is 11.1 Å². The molecule has 1 aromatic heterocycles. The highest BCUT2D eigenvalue weighted by Gasteiger charge is 2.33. The van der Waals surface area contributed by atoms with E-state index in [4.69, 9.17) is 32.4 Å². The molecule has 0 aliphatic carbocycles. The van der Waals surface area contributed by atoms with Crippen LogP contribution in [0.15, 0.2) is 113 Å². The largest absolute Gasteiger partial charge is 0.465 e. The molecule has 0 saturated heterocycles. The second-order valence-corrected chi connectivity index (χ2v) is 8.89. The van der Waals surface area contributed by atoms with Gasteiger partial charge in [-0.25, -0.2) is 4.79 Å². The van der Waals surface area contributed by atoms with E-state index in [1.165, 1.54) is 12.0 Å². The normalized spacial score (nSPS) is 15.0. The molecule has 4 rings (SSSR count). The third kappa shape index (κ3) is 5.53. The predicted octanol–water partition coefficient (Wildman–Crippen LogP) is 8.04. The molecule has 3 aromatic rings. The van der Waals surface area contributed by atoms with Crippen molar-refractivity contribution in [2.45, 2.75) is 6.92 Å². The SMILES string of the molecule is C=C/C=C\C=C(/C)C1=C/C(=C\c2ccc(-c3ccc(Cl)c(Cl)c3)o2)C(=O)N1c1ccccc1C(=O)OC. The highest BCUT2D eigenvalue weighted by atomic mass is 35.5. The van der Waals surface area contributed by atoms with Crippen molar-refractivity contribution in [3.8, 4) is 11.3 Å². The number of para-hydroxylation sites is 1. The van der Waals surface area contributed by atoms with Gasteiger partial charge in [0.05, 0.1) is 34.1 Å². The van der Waals surface area contributed by atoms with Gasteiger partial charge in [-0.1, -0.05) is 66.2 Å². The average molecular weight is 532 g/mol. The molecule has 0 radical (unpaired) electrons. The molecule has 0 atom stereocenters. The topological polar surface area (TPSA) is 59.8 Å². The molecule has 1 amide bonds. The van der Waals surface area contributed by atoms with Gasteiger partial charge in [0.15, 0.2) is 0 Å². The van der Waals surface area contributed by atoms with E-state index in [9.17, 15) is 9.59 Å². The molecule has 0 saturated carbocycles. The Labute approximate surface area is 225 Å². The van der Waals surface area contributed by atoms with Gasteiger partial charge >= 0.3 is 5.97 Å². The van der Waals surface area contributed by atoms with E-state index in [1.807, 2.05) is 19.1 Å². The number of benzene rings is 2. The first-order valence-electron chi connectivity index (χ1n) is 11.3. The monoisotopic (exact) mass is 531 g/mol. The number of furan rings is 1. The summed E-state index contributed by atoms with van der Waals surface area (Å²) in [4.78, 5) is 27.7. The number of ether oxygens (including phenoxy) is 1. The maximum absolute atomic E-state index is 13.7. The number of hydrogen-bond donors (Lipinski definition) is 0. The van der Waals surface area contributed by atoms with Crippen LogP contribution in [0.1, 0.15) is 23.0 Å². The number of rotatable bonds is 7. The molecule has 0 N–H and O–H groups in total. The van der Waals surface area contributed by atoms with Gasteiger partial charge < -0.3 is 9.15 Å². The van der Waals surface area contributed by atoms with E-state index in [2.05, 4.69) is 6.58 Å². The quantitative estimate of drug-likeness (QED) is 0.176. The molecule has 0 spiro atoms. The van der Waals surface area contributed by atoms with Crippen LogP contribution in [0.4, 0.5) is 5.69 Å². The fraction of sp³-hybridized carbons (Fsp3) is 0.0667. The first kappa shape index (κ1) is 26.0. The number of anilines is 1. The lowest BCUT2D eigenvalue weighted by molar-refractivity contribution is -0.113. The van der Waals surface area contributed by atoms with E-state index < -0.39 is 5.97 Å².